The minimum absolute atomic E-state index is 0.0988. The van der Waals surface area contributed by atoms with Crippen LogP contribution in [0.4, 0.5) is 5.69 Å². The molecule has 23 heavy (non-hydrogen) atoms. The summed E-state index contributed by atoms with van der Waals surface area (Å²) < 4.78 is 1.86. The molecule has 6 nitrogen and oxygen atoms in total. The molecule has 1 heterocycles. The van der Waals surface area contributed by atoms with Gasteiger partial charge in [0.15, 0.2) is 0 Å². The predicted octanol–water partition coefficient (Wildman–Crippen LogP) is 2.78. The second-order valence-electron chi connectivity index (χ2n) is 7.45. The molecular formula is C17H27N5O. The molecule has 0 aliphatic heterocycles. The average Bonchev–Trinajstić information content (AvgIpc) is 2.97. The Bertz CT molecular complexity index is 587. The van der Waals surface area contributed by atoms with Crippen LogP contribution in [0.2, 0.25) is 0 Å². The van der Waals surface area contributed by atoms with Crippen molar-refractivity contribution in [2.24, 2.45) is 0 Å². The van der Waals surface area contributed by atoms with Gasteiger partial charge in [0.25, 0.3) is 0 Å². The number of carbonyl (C=O) groups is 1. The Balaban J connectivity index is 1.97. The van der Waals surface area contributed by atoms with Crippen LogP contribution in [-0.4, -0.2) is 27.3 Å². The lowest BCUT2D eigenvalue weighted by Crippen LogP contribution is -2.52. The maximum Gasteiger partial charge on any atom is 0.243 e. The van der Waals surface area contributed by atoms with E-state index < -0.39 is 11.6 Å². The van der Waals surface area contributed by atoms with Crippen molar-refractivity contribution in [3.05, 3.63) is 12.4 Å². The number of hydrogen-bond donors (Lipinski definition) is 2. The van der Waals surface area contributed by atoms with Gasteiger partial charge in [-0.15, -0.1) is 0 Å². The van der Waals surface area contributed by atoms with Crippen LogP contribution in [0.5, 0.6) is 0 Å². The first kappa shape index (κ1) is 17.3. The van der Waals surface area contributed by atoms with E-state index in [0.717, 1.165) is 37.8 Å². The van der Waals surface area contributed by atoms with Crippen LogP contribution in [-0.2, 0) is 10.3 Å². The number of rotatable bonds is 4. The van der Waals surface area contributed by atoms with Gasteiger partial charge in [-0.25, -0.2) is 0 Å². The van der Waals surface area contributed by atoms with E-state index in [9.17, 15) is 10.1 Å². The SMILES string of the molecule is C[C@@H](Nc1cnn(C(C)(C)C)c1)C(=O)NC1(C#N)CCCCC1. The van der Waals surface area contributed by atoms with Gasteiger partial charge in [-0.05, 0) is 40.5 Å². The summed E-state index contributed by atoms with van der Waals surface area (Å²) in [5, 5.41) is 19.9. The molecular weight excluding hydrogens is 290 g/mol. The highest BCUT2D eigenvalue weighted by Gasteiger charge is 2.34. The molecule has 1 aliphatic carbocycles. The third kappa shape index (κ3) is 4.25. The van der Waals surface area contributed by atoms with Gasteiger partial charge in [0.2, 0.25) is 5.91 Å². The Morgan fingerprint density at radius 2 is 2.04 bits per heavy atom. The van der Waals surface area contributed by atoms with Gasteiger partial charge in [0.1, 0.15) is 11.6 Å². The first-order valence-electron chi connectivity index (χ1n) is 8.31. The van der Waals surface area contributed by atoms with Crippen molar-refractivity contribution in [1.82, 2.24) is 15.1 Å². The molecule has 1 amide bonds. The lowest BCUT2D eigenvalue weighted by Gasteiger charge is -2.32. The largest absolute Gasteiger partial charge is 0.371 e. The number of aromatic nitrogens is 2. The van der Waals surface area contributed by atoms with E-state index in [1.807, 2.05) is 10.9 Å². The molecule has 0 aromatic carbocycles. The minimum atomic E-state index is -0.694. The predicted molar refractivity (Wildman–Crippen MR) is 89.9 cm³/mol. The summed E-state index contributed by atoms with van der Waals surface area (Å²) in [4.78, 5) is 12.4. The van der Waals surface area contributed by atoms with Crippen molar-refractivity contribution in [2.75, 3.05) is 5.32 Å². The van der Waals surface area contributed by atoms with E-state index >= 15 is 0 Å². The molecule has 6 heteroatoms. The fourth-order valence-corrected chi connectivity index (χ4v) is 2.84. The number of nitriles is 1. The molecule has 1 saturated carbocycles. The molecule has 0 saturated heterocycles. The van der Waals surface area contributed by atoms with Gasteiger partial charge in [0, 0.05) is 6.20 Å². The highest BCUT2D eigenvalue weighted by molar-refractivity contribution is 5.85. The molecule has 2 rings (SSSR count). The van der Waals surface area contributed by atoms with E-state index in [2.05, 4.69) is 42.6 Å². The zero-order valence-electron chi connectivity index (χ0n) is 14.5. The summed E-state index contributed by atoms with van der Waals surface area (Å²) in [7, 11) is 0. The average molecular weight is 317 g/mol. The zero-order valence-corrected chi connectivity index (χ0v) is 14.5. The van der Waals surface area contributed by atoms with Crippen molar-refractivity contribution in [2.45, 2.75) is 76.9 Å². The molecule has 0 radical (unpaired) electrons. The van der Waals surface area contributed by atoms with Crippen LogP contribution >= 0.6 is 0 Å². The fraction of sp³-hybridized carbons (Fsp3) is 0.706. The van der Waals surface area contributed by atoms with Gasteiger partial charge in [-0.2, -0.15) is 10.4 Å². The van der Waals surface area contributed by atoms with Crippen LogP contribution in [0.15, 0.2) is 12.4 Å². The van der Waals surface area contributed by atoms with Crippen molar-refractivity contribution in [1.29, 1.82) is 5.26 Å². The Kier molecular flexibility index (Phi) is 4.98. The zero-order chi connectivity index (χ0) is 17.1. The van der Waals surface area contributed by atoms with Crippen LogP contribution < -0.4 is 10.6 Å². The van der Waals surface area contributed by atoms with Gasteiger partial charge in [-0.3, -0.25) is 9.48 Å². The quantitative estimate of drug-likeness (QED) is 0.894. The van der Waals surface area contributed by atoms with Crippen LogP contribution in [0.3, 0.4) is 0 Å². The molecule has 2 N–H and O–H groups in total. The number of amides is 1. The summed E-state index contributed by atoms with van der Waals surface area (Å²) in [6.45, 7) is 8.01. The van der Waals surface area contributed by atoms with E-state index in [0.29, 0.717) is 0 Å². The number of anilines is 1. The lowest BCUT2D eigenvalue weighted by molar-refractivity contribution is -0.123. The molecule has 1 aromatic heterocycles. The Morgan fingerprint density at radius 1 is 1.39 bits per heavy atom. The monoisotopic (exact) mass is 317 g/mol. The van der Waals surface area contributed by atoms with Gasteiger partial charge in [0.05, 0.1) is 23.5 Å². The normalized spacial score (nSPS) is 18.7. The summed E-state index contributed by atoms with van der Waals surface area (Å²) in [6.07, 6.45) is 8.22. The number of nitrogens with one attached hydrogen (secondary N) is 2. The highest BCUT2D eigenvalue weighted by Crippen LogP contribution is 2.27. The van der Waals surface area contributed by atoms with Gasteiger partial charge in [-0.1, -0.05) is 19.3 Å². The second kappa shape index (κ2) is 6.61. The molecule has 1 aromatic rings. The first-order chi connectivity index (χ1) is 10.8. The van der Waals surface area contributed by atoms with Crippen molar-refractivity contribution in [3.63, 3.8) is 0 Å². The second-order valence-corrected chi connectivity index (χ2v) is 7.45. The third-order valence-corrected chi connectivity index (χ3v) is 4.33. The standard InChI is InChI=1S/C17H27N5O/c1-13(20-14-10-19-22(11-14)16(2,3)4)15(23)21-17(12-18)8-6-5-7-9-17/h10-11,13,20H,5-9H2,1-4H3,(H,21,23)/t13-/m1/s1. The smallest absolute Gasteiger partial charge is 0.243 e. The first-order valence-corrected chi connectivity index (χ1v) is 8.31. The van der Waals surface area contributed by atoms with E-state index in [1.54, 1.807) is 13.1 Å². The Morgan fingerprint density at radius 3 is 2.57 bits per heavy atom. The maximum atomic E-state index is 12.4. The van der Waals surface area contributed by atoms with E-state index in [1.165, 1.54) is 0 Å². The summed E-state index contributed by atoms with van der Waals surface area (Å²) in [5.41, 5.74) is 0.0106. The fourth-order valence-electron chi connectivity index (χ4n) is 2.84. The van der Waals surface area contributed by atoms with Gasteiger partial charge >= 0.3 is 0 Å². The number of nitrogens with zero attached hydrogens (tertiary/aromatic N) is 3. The molecule has 1 atom stereocenters. The highest BCUT2D eigenvalue weighted by atomic mass is 16.2. The van der Waals surface area contributed by atoms with E-state index in [4.69, 9.17) is 0 Å². The van der Waals surface area contributed by atoms with Crippen molar-refractivity contribution >= 4 is 11.6 Å². The number of hydrogen-bond acceptors (Lipinski definition) is 4. The molecule has 0 bridgehead atoms. The van der Waals surface area contributed by atoms with Crippen LogP contribution in [0, 0.1) is 11.3 Å². The molecule has 0 spiro atoms. The summed E-state index contributed by atoms with van der Waals surface area (Å²) >= 11 is 0. The number of carbonyl (C=O) groups excluding carboxylic acids is 1. The molecule has 126 valence electrons. The molecule has 1 fully saturated rings. The minimum Gasteiger partial charge on any atom is -0.371 e. The molecule has 1 aliphatic rings. The Hall–Kier alpha value is -2.03. The summed E-state index contributed by atoms with van der Waals surface area (Å²) in [5.74, 6) is -0.142. The van der Waals surface area contributed by atoms with Crippen LogP contribution in [0.1, 0.15) is 59.8 Å². The van der Waals surface area contributed by atoms with E-state index in [-0.39, 0.29) is 11.4 Å². The van der Waals surface area contributed by atoms with Crippen LogP contribution in [0.25, 0.3) is 0 Å². The summed E-state index contributed by atoms with van der Waals surface area (Å²) in [6, 6.07) is 1.90. The Labute approximate surface area is 138 Å². The van der Waals surface area contributed by atoms with Crippen molar-refractivity contribution < 1.29 is 4.79 Å². The third-order valence-electron chi connectivity index (χ3n) is 4.33. The lowest BCUT2D eigenvalue weighted by atomic mass is 9.82. The molecule has 0 unspecified atom stereocenters. The van der Waals surface area contributed by atoms with Crippen molar-refractivity contribution in [3.8, 4) is 6.07 Å². The maximum absolute atomic E-state index is 12.4. The topological polar surface area (TPSA) is 82.7 Å². The van der Waals surface area contributed by atoms with Gasteiger partial charge < -0.3 is 10.6 Å².